The van der Waals surface area contributed by atoms with Gasteiger partial charge in [-0.3, -0.25) is 5.41 Å². The smallest absolute Gasteiger partial charge is 0.171 e. The molecule has 0 bridgehead atoms. The van der Waals surface area contributed by atoms with Gasteiger partial charge >= 0.3 is 0 Å². The van der Waals surface area contributed by atoms with Crippen molar-refractivity contribution < 1.29 is 0 Å². The molecule has 0 aliphatic carbocycles. The number of nitrogens with two attached hydrogens (primary N) is 1. The molecule has 0 radical (unpaired) electrons. The lowest BCUT2D eigenvalue weighted by molar-refractivity contribution is 1.08. The Morgan fingerprint density at radius 1 is 1.14 bits per heavy atom. The number of amidine groups is 1. The molecule has 4 nitrogen and oxygen atoms in total. The molecule has 3 rings (SSSR count). The van der Waals surface area contributed by atoms with Crippen LogP contribution in [0.5, 0.6) is 0 Å². The Morgan fingerprint density at radius 2 is 1.86 bits per heavy atom. The number of hydrogen-bond donors (Lipinski definition) is 3. The van der Waals surface area contributed by atoms with Gasteiger partial charge in [-0.15, -0.1) is 0 Å². The highest BCUT2D eigenvalue weighted by atomic mass is 32.2. The fraction of sp³-hybridized carbons (Fsp3) is 0.125. The van der Waals surface area contributed by atoms with Crippen LogP contribution in [0.3, 0.4) is 0 Å². The van der Waals surface area contributed by atoms with Crippen molar-refractivity contribution in [1.82, 2.24) is 9.97 Å². The first-order chi connectivity index (χ1) is 10.0. The Kier molecular flexibility index (Phi) is 3.43. The summed E-state index contributed by atoms with van der Waals surface area (Å²) in [6.45, 7) is 4.08. The molecular formula is C16H16N4S. The second kappa shape index (κ2) is 5.26. The summed E-state index contributed by atoms with van der Waals surface area (Å²) >= 11 is 1.50. The molecule has 21 heavy (non-hydrogen) atoms. The number of rotatable bonds is 3. The lowest BCUT2D eigenvalue weighted by Gasteiger charge is -2.07. The quantitative estimate of drug-likeness (QED) is 0.510. The van der Waals surface area contributed by atoms with Gasteiger partial charge in [0, 0.05) is 10.5 Å². The molecule has 0 fully saturated rings. The minimum atomic E-state index is 0.0736. The molecule has 0 amide bonds. The summed E-state index contributed by atoms with van der Waals surface area (Å²) in [6, 6.07) is 12.0. The first-order valence-corrected chi connectivity index (χ1v) is 7.44. The van der Waals surface area contributed by atoms with Gasteiger partial charge in [0.2, 0.25) is 0 Å². The van der Waals surface area contributed by atoms with Crippen molar-refractivity contribution >= 4 is 28.6 Å². The summed E-state index contributed by atoms with van der Waals surface area (Å²) in [5.74, 6) is 0.0736. The summed E-state index contributed by atoms with van der Waals surface area (Å²) in [4.78, 5) is 8.83. The predicted molar refractivity (Wildman–Crippen MR) is 87.1 cm³/mol. The van der Waals surface area contributed by atoms with E-state index in [1.807, 2.05) is 37.3 Å². The van der Waals surface area contributed by atoms with Crippen molar-refractivity contribution in [3.63, 3.8) is 0 Å². The third kappa shape index (κ3) is 2.78. The highest BCUT2D eigenvalue weighted by Crippen LogP contribution is 2.30. The van der Waals surface area contributed by atoms with E-state index in [4.69, 9.17) is 11.1 Å². The van der Waals surface area contributed by atoms with Crippen molar-refractivity contribution in [2.75, 3.05) is 0 Å². The summed E-state index contributed by atoms with van der Waals surface area (Å²) in [5, 5.41) is 8.49. The Hall–Kier alpha value is -2.27. The SMILES string of the molecule is Cc1ccc(C(=N)N)c(Sc2nc3ccc(C)cc3[nH]2)c1. The fourth-order valence-electron chi connectivity index (χ4n) is 2.19. The number of imidazole rings is 1. The molecule has 0 saturated heterocycles. The zero-order chi connectivity index (χ0) is 15.0. The van der Waals surface area contributed by atoms with E-state index in [2.05, 4.69) is 23.0 Å². The van der Waals surface area contributed by atoms with Crippen LogP contribution in [0.2, 0.25) is 0 Å². The number of hydrogen-bond acceptors (Lipinski definition) is 3. The largest absolute Gasteiger partial charge is 0.384 e. The third-order valence-electron chi connectivity index (χ3n) is 3.25. The number of nitrogens with one attached hydrogen (secondary N) is 2. The van der Waals surface area contributed by atoms with Gasteiger partial charge in [-0.2, -0.15) is 0 Å². The molecule has 0 saturated carbocycles. The number of benzene rings is 2. The van der Waals surface area contributed by atoms with Crippen molar-refractivity contribution in [3.8, 4) is 0 Å². The van der Waals surface area contributed by atoms with Gasteiger partial charge in [0.05, 0.1) is 11.0 Å². The molecule has 0 unspecified atom stereocenters. The van der Waals surface area contributed by atoms with Gasteiger partial charge in [0.1, 0.15) is 5.84 Å². The number of aryl methyl sites for hydroxylation is 2. The van der Waals surface area contributed by atoms with Gasteiger partial charge in [0.15, 0.2) is 5.16 Å². The van der Waals surface area contributed by atoms with E-state index >= 15 is 0 Å². The van der Waals surface area contributed by atoms with E-state index in [0.29, 0.717) is 0 Å². The summed E-state index contributed by atoms with van der Waals surface area (Å²) in [7, 11) is 0. The van der Waals surface area contributed by atoms with Crippen LogP contribution in [0.1, 0.15) is 16.7 Å². The Balaban J connectivity index is 2.02. The number of fused-ring (bicyclic) bond motifs is 1. The zero-order valence-corrected chi connectivity index (χ0v) is 12.7. The van der Waals surface area contributed by atoms with E-state index in [9.17, 15) is 0 Å². The van der Waals surface area contributed by atoms with Crippen LogP contribution >= 0.6 is 11.8 Å². The zero-order valence-electron chi connectivity index (χ0n) is 11.9. The summed E-state index contributed by atoms with van der Waals surface area (Å²) in [6.07, 6.45) is 0. The monoisotopic (exact) mass is 296 g/mol. The average molecular weight is 296 g/mol. The number of nitrogen functional groups attached to an aromatic ring is 1. The van der Waals surface area contributed by atoms with Gasteiger partial charge in [0.25, 0.3) is 0 Å². The van der Waals surface area contributed by atoms with Crippen LogP contribution in [0.25, 0.3) is 11.0 Å². The molecule has 0 atom stereocenters. The van der Waals surface area contributed by atoms with Crippen LogP contribution in [0.4, 0.5) is 0 Å². The minimum Gasteiger partial charge on any atom is -0.384 e. The second-order valence-electron chi connectivity index (χ2n) is 5.08. The molecule has 0 aliphatic heterocycles. The van der Waals surface area contributed by atoms with E-state index in [0.717, 1.165) is 32.2 Å². The van der Waals surface area contributed by atoms with Crippen molar-refractivity contribution in [1.29, 1.82) is 5.41 Å². The maximum absolute atomic E-state index is 7.68. The van der Waals surface area contributed by atoms with E-state index in [1.54, 1.807) is 0 Å². The Bertz CT molecular complexity index is 835. The van der Waals surface area contributed by atoms with Crippen LogP contribution in [0, 0.1) is 19.3 Å². The molecule has 1 aromatic heterocycles. The number of aromatic nitrogens is 2. The Labute approximate surface area is 127 Å². The second-order valence-corrected chi connectivity index (χ2v) is 6.11. The van der Waals surface area contributed by atoms with Gasteiger partial charge in [-0.05, 0) is 49.2 Å². The molecule has 3 aromatic rings. The molecule has 106 valence electrons. The maximum Gasteiger partial charge on any atom is 0.171 e. The molecule has 1 heterocycles. The van der Waals surface area contributed by atoms with Crippen molar-refractivity contribution in [2.45, 2.75) is 23.9 Å². The van der Waals surface area contributed by atoms with Crippen LogP contribution in [0.15, 0.2) is 46.5 Å². The molecule has 2 aromatic carbocycles. The minimum absolute atomic E-state index is 0.0736. The number of H-pyrrole nitrogens is 1. The fourth-order valence-corrected chi connectivity index (χ4v) is 3.24. The average Bonchev–Trinajstić information content (AvgIpc) is 2.79. The third-order valence-corrected chi connectivity index (χ3v) is 4.19. The topological polar surface area (TPSA) is 78.6 Å². The number of nitrogens with zero attached hydrogens (tertiary/aromatic N) is 1. The highest BCUT2D eigenvalue weighted by molar-refractivity contribution is 7.99. The first kappa shape index (κ1) is 13.7. The normalized spacial score (nSPS) is 11.0. The van der Waals surface area contributed by atoms with Gasteiger partial charge in [-0.1, -0.05) is 23.9 Å². The lowest BCUT2D eigenvalue weighted by atomic mass is 10.1. The van der Waals surface area contributed by atoms with E-state index in [1.165, 1.54) is 17.3 Å². The van der Waals surface area contributed by atoms with E-state index < -0.39 is 0 Å². The van der Waals surface area contributed by atoms with Gasteiger partial charge < -0.3 is 10.7 Å². The van der Waals surface area contributed by atoms with Crippen molar-refractivity contribution in [3.05, 3.63) is 53.1 Å². The maximum atomic E-state index is 7.68. The molecule has 0 spiro atoms. The Morgan fingerprint density at radius 3 is 2.62 bits per heavy atom. The molecule has 4 N–H and O–H groups in total. The number of aromatic amines is 1. The summed E-state index contributed by atoms with van der Waals surface area (Å²) < 4.78 is 0. The highest BCUT2D eigenvalue weighted by Gasteiger charge is 2.10. The van der Waals surface area contributed by atoms with Crippen LogP contribution in [-0.2, 0) is 0 Å². The van der Waals surface area contributed by atoms with Crippen LogP contribution in [-0.4, -0.2) is 15.8 Å². The summed E-state index contributed by atoms with van der Waals surface area (Å²) in [5.41, 5.74) is 10.7. The molecule has 5 heteroatoms. The van der Waals surface area contributed by atoms with E-state index in [-0.39, 0.29) is 5.84 Å². The lowest BCUT2D eigenvalue weighted by Crippen LogP contribution is -2.12. The molecule has 0 aliphatic rings. The van der Waals surface area contributed by atoms with Crippen LogP contribution < -0.4 is 5.73 Å². The first-order valence-electron chi connectivity index (χ1n) is 6.62. The van der Waals surface area contributed by atoms with Crippen molar-refractivity contribution in [2.24, 2.45) is 5.73 Å². The predicted octanol–water partition coefficient (Wildman–Crippen LogP) is 3.62. The standard InChI is InChI=1S/C16H16N4S/c1-9-4-6-12-13(7-9)20-16(19-12)21-14-8-10(2)3-5-11(14)15(17)18/h3-8H,1-2H3,(H3,17,18)(H,19,20). The van der Waals surface area contributed by atoms with Gasteiger partial charge in [-0.25, -0.2) is 4.98 Å². The molecular weight excluding hydrogens is 280 g/mol.